The molecule has 138 valence electrons. The molecule has 26 heavy (non-hydrogen) atoms. The number of anilines is 1. The van der Waals surface area contributed by atoms with Crippen molar-refractivity contribution in [3.8, 4) is 0 Å². The summed E-state index contributed by atoms with van der Waals surface area (Å²) in [4.78, 5) is 39.5. The van der Waals surface area contributed by atoms with E-state index in [-0.39, 0.29) is 24.8 Å². The van der Waals surface area contributed by atoms with E-state index in [0.29, 0.717) is 19.8 Å². The second-order valence-corrected chi connectivity index (χ2v) is 8.84. The zero-order chi connectivity index (χ0) is 18.8. The van der Waals surface area contributed by atoms with E-state index in [9.17, 15) is 14.4 Å². The lowest BCUT2D eigenvalue weighted by Crippen LogP contribution is -2.31. The zero-order valence-corrected chi connectivity index (χ0v) is 16.7. The minimum absolute atomic E-state index is 0.101. The van der Waals surface area contributed by atoms with Gasteiger partial charge in [-0.1, -0.05) is 30.1 Å². The van der Waals surface area contributed by atoms with Crippen molar-refractivity contribution < 1.29 is 14.4 Å². The van der Waals surface area contributed by atoms with Gasteiger partial charge in [-0.3, -0.25) is 19.3 Å². The SMILES string of the molecule is C/C=C1/SC(=S)N(CCC(=O)Nc2sc3c(c2C(N)=O)CCCC3)C1=O. The molecule has 3 rings (SSSR count). The Bertz CT molecular complexity index is 829. The van der Waals surface area contributed by atoms with Gasteiger partial charge in [0, 0.05) is 17.8 Å². The maximum Gasteiger partial charge on any atom is 0.265 e. The highest BCUT2D eigenvalue weighted by atomic mass is 32.2. The van der Waals surface area contributed by atoms with Crippen LogP contribution in [-0.2, 0) is 22.4 Å². The maximum atomic E-state index is 12.4. The number of nitrogens with zero attached hydrogens (tertiary/aromatic N) is 1. The van der Waals surface area contributed by atoms with Crippen molar-refractivity contribution in [1.82, 2.24) is 4.90 Å². The van der Waals surface area contributed by atoms with Crippen LogP contribution in [0.1, 0.15) is 47.0 Å². The minimum atomic E-state index is -0.510. The predicted octanol–water partition coefficient (Wildman–Crippen LogP) is 2.82. The molecule has 2 heterocycles. The molecule has 0 radical (unpaired) electrons. The third kappa shape index (κ3) is 3.70. The lowest BCUT2D eigenvalue weighted by molar-refractivity contribution is -0.122. The standard InChI is InChI=1S/C17H19N3O3S3/c1-2-10-16(23)20(17(24)26-10)8-7-12(21)19-15-13(14(18)22)9-5-3-4-6-11(9)25-15/h2H,3-8H2,1H3,(H2,18,22)(H,19,21)/b10-2+. The number of carbonyl (C=O) groups is 3. The van der Waals surface area contributed by atoms with Gasteiger partial charge in [0.25, 0.3) is 11.8 Å². The Morgan fingerprint density at radius 3 is 2.73 bits per heavy atom. The molecule has 0 aromatic carbocycles. The number of nitrogens with two attached hydrogens (primary N) is 1. The van der Waals surface area contributed by atoms with Crippen LogP contribution in [-0.4, -0.2) is 33.5 Å². The molecular formula is C17H19N3O3S3. The number of hydrogen-bond acceptors (Lipinski definition) is 6. The Morgan fingerprint density at radius 2 is 2.08 bits per heavy atom. The minimum Gasteiger partial charge on any atom is -0.365 e. The molecule has 1 fully saturated rings. The first-order chi connectivity index (χ1) is 12.4. The number of thioether (sulfide) groups is 1. The summed E-state index contributed by atoms with van der Waals surface area (Å²) in [6, 6.07) is 0. The highest BCUT2D eigenvalue weighted by Crippen LogP contribution is 2.38. The number of rotatable bonds is 5. The van der Waals surface area contributed by atoms with Crippen LogP contribution in [0.5, 0.6) is 0 Å². The quantitative estimate of drug-likeness (QED) is 0.576. The molecule has 2 aliphatic rings. The number of nitrogens with one attached hydrogen (secondary N) is 1. The molecule has 1 saturated heterocycles. The average Bonchev–Trinajstić information content (AvgIpc) is 3.09. The van der Waals surface area contributed by atoms with Crippen LogP contribution in [0, 0.1) is 0 Å². The summed E-state index contributed by atoms with van der Waals surface area (Å²) in [6.45, 7) is 1.99. The van der Waals surface area contributed by atoms with E-state index in [1.54, 1.807) is 13.0 Å². The van der Waals surface area contributed by atoms with Gasteiger partial charge in [0.2, 0.25) is 5.91 Å². The molecule has 0 atom stereocenters. The lowest BCUT2D eigenvalue weighted by Gasteiger charge is -2.14. The van der Waals surface area contributed by atoms with Crippen molar-refractivity contribution >= 4 is 62.4 Å². The Hall–Kier alpha value is -1.71. The average molecular weight is 410 g/mol. The zero-order valence-electron chi connectivity index (χ0n) is 14.3. The summed E-state index contributed by atoms with van der Waals surface area (Å²) in [5.41, 5.74) is 6.96. The van der Waals surface area contributed by atoms with E-state index in [2.05, 4.69) is 5.32 Å². The number of thiocarbonyl (C=S) groups is 1. The number of allylic oxidation sites excluding steroid dienone is 1. The van der Waals surface area contributed by atoms with Crippen LogP contribution < -0.4 is 11.1 Å². The monoisotopic (exact) mass is 409 g/mol. The molecule has 1 aliphatic heterocycles. The van der Waals surface area contributed by atoms with Crippen molar-refractivity contribution in [1.29, 1.82) is 0 Å². The highest BCUT2D eigenvalue weighted by molar-refractivity contribution is 8.26. The van der Waals surface area contributed by atoms with Gasteiger partial charge in [-0.2, -0.15) is 0 Å². The molecule has 3 amide bonds. The third-order valence-corrected chi connectivity index (χ3v) is 7.07. The highest BCUT2D eigenvalue weighted by Gasteiger charge is 2.31. The van der Waals surface area contributed by atoms with E-state index in [1.807, 2.05) is 0 Å². The van der Waals surface area contributed by atoms with Crippen LogP contribution in [0.15, 0.2) is 11.0 Å². The predicted molar refractivity (Wildman–Crippen MR) is 108 cm³/mol. The summed E-state index contributed by atoms with van der Waals surface area (Å²) >= 11 is 7.86. The fraction of sp³-hybridized carbons (Fsp3) is 0.412. The van der Waals surface area contributed by atoms with E-state index >= 15 is 0 Å². The number of fused-ring (bicyclic) bond motifs is 1. The first kappa shape index (κ1) is 19.1. The Morgan fingerprint density at radius 1 is 1.35 bits per heavy atom. The summed E-state index contributed by atoms with van der Waals surface area (Å²) in [5.74, 6) is -0.940. The van der Waals surface area contributed by atoms with Gasteiger partial charge in [0.15, 0.2) is 0 Å². The summed E-state index contributed by atoms with van der Waals surface area (Å²) in [6.07, 6.45) is 5.66. The molecule has 0 saturated carbocycles. The van der Waals surface area contributed by atoms with Crippen LogP contribution in [0.4, 0.5) is 5.00 Å². The Labute approximate surface area is 165 Å². The number of carbonyl (C=O) groups excluding carboxylic acids is 3. The first-order valence-electron chi connectivity index (χ1n) is 8.36. The number of hydrogen-bond donors (Lipinski definition) is 2. The summed E-state index contributed by atoms with van der Waals surface area (Å²) < 4.78 is 0.459. The van der Waals surface area contributed by atoms with Gasteiger partial charge in [-0.25, -0.2) is 0 Å². The molecule has 0 unspecified atom stereocenters. The molecular weight excluding hydrogens is 390 g/mol. The second kappa shape index (κ2) is 7.89. The largest absolute Gasteiger partial charge is 0.365 e. The van der Waals surface area contributed by atoms with Gasteiger partial charge >= 0.3 is 0 Å². The van der Waals surface area contributed by atoms with Gasteiger partial charge in [0.05, 0.1) is 10.5 Å². The molecule has 1 aromatic rings. The van der Waals surface area contributed by atoms with Crippen molar-refractivity contribution in [3.05, 3.63) is 27.0 Å². The molecule has 1 aliphatic carbocycles. The fourth-order valence-electron chi connectivity index (χ4n) is 3.10. The van der Waals surface area contributed by atoms with E-state index in [4.69, 9.17) is 18.0 Å². The summed E-state index contributed by atoms with van der Waals surface area (Å²) in [7, 11) is 0. The number of amides is 3. The van der Waals surface area contributed by atoms with Gasteiger partial charge in [0.1, 0.15) is 9.32 Å². The number of primary amides is 1. The van der Waals surface area contributed by atoms with Crippen LogP contribution in [0.25, 0.3) is 0 Å². The Kier molecular flexibility index (Phi) is 5.79. The van der Waals surface area contributed by atoms with E-state index in [1.165, 1.54) is 28.0 Å². The first-order valence-corrected chi connectivity index (χ1v) is 10.4. The van der Waals surface area contributed by atoms with Crippen LogP contribution >= 0.6 is 35.3 Å². The number of aryl methyl sites for hydroxylation is 1. The number of thiophene rings is 1. The molecule has 3 N–H and O–H groups in total. The molecule has 1 aromatic heterocycles. The van der Waals surface area contributed by atoms with E-state index < -0.39 is 5.91 Å². The Balaban J connectivity index is 1.67. The third-order valence-electron chi connectivity index (χ3n) is 4.37. The van der Waals surface area contributed by atoms with Gasteiger partial charge in [-0.15, -0.1) is 11.3 Å². The molecule has 0 bridgehead atoms. The fourth-order valence-corrected chi connectivity index (χ4v) is 5.64. The second-order valence-electron chi connectivity index (χ2n) is 6.06. The van der Waals surface area contributed by atoms with Gasteiger partial charge in [-0.05, 0) is 38.2 Å². The molecule has 0 spiro atoms. The van der Waals surface area contributed by atoms with Crippen LogP contribution in [0.2, 0.25) is 0 Å². The molecule has 6 nitrogen and oxygen atoms in total. The lowest BCUT2D eigenvalue weighted by atomic mass is 9.95. The topological polar surface area (TPSA) is 92.5 Å². The van der Waals surface area contributed by atoms with Crippen molar-refractivity contribution in [2.75, 3.05) is 11.9 Å². The normalized spacial score (nSPS) is 18.3. The smallest absolute Gasteiger partial charge is 0.265 e. The van der Waals surface area contributed by atoms with Crippen molar-refractivity contribution in [3.63, 3.8) is 0 Å². The van der Waals surface area contributed by atoms with E-state index in [0.717, 1.165) is 36.1 Å². The van der Waals surface area contributed by atoms with Crippen molar-refractivity contribution in [2.45, 2.75) is 39.0 Å². The maximum absolute atomic E-state index is 12.4. The van der Waals surface area contributed by atoms with Crippen LogP contribution in [0.3, 0.4) is 0 Å². The van der Waals surface area contributed by atoms with Gasteiger partial charge < -0.3 is 11.1 Å². The summed E-state index contributed by atoms with van der Waals surface area (Å²) in [5, 5.41) is 3.33. The molecule has 9 heteroatoms. The van der Waals surface area contributed by atoms with Crippen molar-refractivity contribution in [2.24, 2.45) is 5.73 Å².